The minimum absolute atomic E-state index is 0.0388. The molecule has 25 heavy (non-hydrogen) atoms. The molecule has 4 nitrogen and oxygen atoms in total. The summed E-state index contributed by atoms with van der Waals surface area (Å²) in [5, 5.41) is 0. The molecule has 1 aliphatic heterocycles. The van der Waals surface area contributed by atoms with E-state index in [9.17, 15) is 9.59 Å². The quantitative estimate of drug-likeness (QED) is 0.764. The largest absolute Gasteiger partial charge is 0.342 e. The molecule has 1 fully saturated rings. The summed E-state index contributed by atoms with van der Waals surface area (Å²) < 4.78 is 0. The highest BCUT2D eigenvalue weighted by molar-refractivity contribution is 6.04. The van der Waals surface area contributed by atoms with E-state index in [2.05, 4.69) is 6.92 Å². The maximum Gasteiger partial charge on any atom is 0.238 e. The van der Waals surface area contributed by atoms with Crippen LogP contribution in [0.3, 0.4) is 0 Å². The Balaban J connectivity index is 2.14. The van der Waals surface area contributed by atoms with Crippen LogP contribution in [0.2, 0.25) is 0 Å². The molecule has 138 valence electrons. The van der Waals surface area contributed by atoms with Crippen LogP contribution < -0.4 is 0 Å². The number of hydrogen-bond acceptors (Lipinski definition) is 2. The zero-order valence-electron chi connectivity index (χ0n) is 16.3. The highest BCUT2D eigenvalue weighted by Crippen LogP contribution is 2.27. The van der Waals surface area contributed by atoms with Crippen molar-refractivity contribution in [1.82, 2.24) is 9.80 Å². The molecule has 1 saturated heterocycles. The lowest BCUT2D eigenvalue weighted by Crippen LogP contribution is -2.53. The molecule has 1 aliphatic rings. The number of likely N-dealkylation sites (tertiary alicyclic amines) is 1. The molecule has 0 atom stereocenters. The van der Waals surface area contributed by atoms with E-state index in [0.717, 1.165) is 31.5 Å². The van der Waals surface area contributed by atoms with Crippen molar-refractivity contribution in [3.63, 3.8) is 0 Å². The van der Waals surface area contributed by atoms with Crippen molar-refractivity contribution in [3.05, 3.63) is 35.9 Å². The fraction of sp³-hybridized carbons (Fsp3) is 0.619. The molecule has 1 aromatic rings. The summed E-state index contributed by atoms with van der Waals surface area (Å²) in [6.45, 7) is 11.8. The van der Waals surface area contributed by atoms with Gasteiger partial charge in [0.2, 0.25) is 11.8 Å². The third-order valence-electron chi connectivity index (χ3n) is 5.22. The Morgan fingerprint density at radius 2 is 1.72 bits per heavy atom. The first-order chi connectivity index (χ1) is 11.7. The summed E-state index contributed by atoms with van der Waals surface area (Å²) >= 11 is 0. The van der Waals surface area contributed by atoms with Gasteiger partial charge in [0.05, 0.1) is 0 Å². The van der Waals surface area contributed by atoms with Crippen LogP contribution in [-0.2, 0) is 16.1 Å². The first-order valence-corrected chi connectivity index (χ1v) is 9.38. The monoisotopic (exact) mass is 344 g/mol. The zero-order chi connectivity index (χ0) is 18.6. The first kappa shape index (κ1) is 19.5. The Hall–Kier alpha value is -1.84. The highest BCUT2D eigenvalue weighted by atomic mass is 16.2. The predicted octanol–water partition coefficient (Wildman–Crippen LogP) is 3.71. The number of piperidine rings is 1. The number of carbonyl (C=O) groups excluding carboxylic acids is 2. The van der Waals surface area contributed by atoms with Crippen LogP contribution in [0.15, 0.2) is 30.3 Å². The van der Waals surface area contributed by atoms with Gasteiger partial charge in [-0.15, -0.1) is 0 Å². The summed E-state index contributed by atoms with van der Waals surface area (Å²) in [5.74, 6) is 0.534. The average Bonchev–Trinajstić information content (AvgIpc) is 2.59. The maximum absolute atomic E-state index is 13.2. The van der Waals surface area contributed by atoms with Crippen molar-refractivity contribution in [2.45, 2.75) is 60.0 Å². The van der Waals surface area contributed by atoms with Gasteiger partial charge in [-0.1, -0.05) is 37.3 Å². The summed E-state index contributed by atoms with van der Waals surface area (Å²) in [5.41, 5.74) is 0.0548. The Labute approximate surface area is 152 Å². The lowest BCUT2D eigenvalue weighted by atomic mass is 9.87. The Kier molecular flexibility index (Phi) is 6.26. The summed E-state index contributed by atoms with van der Waals surface area (Å²) in [6, 6.07) is 10.00. The van der Waals surface area contributed by atoms with Crippen LogP contribution in [0.1, 0.15) is 53.0 Å². The number of amides is 2. The molecule has 1 aromatic carbocycles. The van der Waals surface area contributed by atoms with E-state index in [0.29, 0.717) is 12.5 Å². The lowest BCUT2D eigenvalue weighted by Gasteiger charge is -2.39. The molecular weight excluding hydrogens is 312 g/mol. The van der Waals surface area contributed by atoms with E-state index in [1.165, 1.54) is 0 Å². The van der Waals surface area contributed by atoms with Crippen LogP contribution in [-0.4, -0.2) is 40.7 Å². The third-order valence-corrected chi connectivity index (χ3v) is 5.22. The molecule has 0 aliphatic carbocycles. The molecular formula is C21H32N2O2. The summed E-state index contributed by atoms with van der Waals surface area (Å²) in [4.78, 5) is 30.0. The normalized spacial score (nSPS) is 16.2. The number of rotatable bonds is 5. The highest BCUT2D eigenvalue weighted by Gasteiger charge is 2.42. The van der Waals surface area contributed by atoms with Gasteiger partial charge in [-0.3, -0.25) is 9.59 Å². The molecule has 0 N–H and O–H groups in total. The van der Waals surface area contributed by atoms with Gasteiger partial charge >= 0.3 is 0 Å². The standard InChI is InChI=1S/C21H32N2O2/c1-16(2)23(15-18-9-7-6-8-10-18)20(25)21(4,5)19(24)22-13-11-17(3)12-14-22/h6-10,16-17H,11-15H2,1-5H3. The first-order valence-electron chi connectivity index (χ1n) is 9.38. The molecule has 4 heteroatoms. The second-order valence-corrected chi connectivity index (χ2v) is 8.11. The van der Waals surface area contributed by atoms with Gasteiger partial charge in [-0.05, 0) is 52.0 Å². The van der Waals surface area contributed by atoms with Crippen LogP contribution >= 0.6 is 0 Å². The molecule has 2 amide bonds. The van der Waals surface area contributed by atoms with Gasteiger partial charge in [0.25, 0.3) is 0 Å². The van der Waals surface area contributed by atoms with E-state index < -0.39 is 5.41 Å². The average molecular weight is 344 g/mol. The fourth-order valence-corrected chi connectivity index (χ4v) is 3.33. The number of carbonyl (C=O) groups is 2. The minimum Gasteiger partial charge on any atom is -0.342 e. The Bertz CT molecular complexity index is 587. The molecule has 0 radical (unpaired) electrons. The fourth-order valence-electron chi connectivity index (χ4n) is 3.33. The molecule has 0 spiro atoms. The van der Waals surface area contributed by atoms with Crippen molar-refractivity contribution in [2.24, 2.45) is 11.3 Å². The van der Waals surface area contributed by atoms with Crippen LogP contribution in [0.5, 0.6) is 0 Å². The Morgan fingerprint density at radius 1 is 1.16 bits per heavy atom. The van der Waals surface area contributed by atoms with Crippen LogP contribution in [0.25, 0.3) is 0 Å². The van der Waals surface area contributed by atoms with E-state index in [1.807, 2.05) is 54.0 Å². The van der Waals surface area contributed by atoms with Crippen molar-refractivity contribution in [2.75, 3.05) is 13.1 Å². The maximum atomic E-state index is 13.2. The second kappa shape index (κ2) is 8.03. The third kappa shape index (κ3) is 4.62. The van der Waals surface area contributed by atoms with E-state index in [1.54, 1.807) is 13.8 Å². The topological polar surface area (TPSA) is 40.6 Å². The zero-order valence-corrected chi connectivity index (χ0v) is 16.3. The predicted molar refractivity (Wildman–Crippen MR) is 101 cm³/mol. The van der Waals surface area contributed by atoms with Gasteiger partial charge in [0.1, 0.15) is 5.41 Å². The van der Waals surface area contributed by atoms with E-state index >= 15 is 0 Å². The van der Waals surface area contributed by atoms with Crippen molar-refractivity contribution in [3.8, 4) is 0 Å². The molecule has 0 aromatic heterocycles. The molecule has 1 heterocycles. The van der Waals surface area contributed by atoms with Gasteiger partial charge < -0.3 is 9.80 Å². The number of hydrogen-bond donors (Lipinski definition) is 0. The number of benzene rings is 1. The smallest absolute Gasteiger partial charge is 0.238 e. The Morgan fingerprint density at radius 3 is 2.24 bits per heavy atom. The number of nitrogens with zero attached hydrogens (tertiary/aromatic N) is 2. The van der Waals surface area contributed by atoms with Crippen molar-refractivity contribution >= 4 is 11.8 Å². The van der Waals surface area contributed by atoms with E-state index in [-0.39, 0.29) is 17.9 Å². The van der Waals surface area contributed by atoms with Gasteiger partial charge in [0.15, 0.2) is 0 Å². The van der Waals surface area contributed by atoms with Crippen molar-refractivity contribution < 1.29 is 9.59 Å². The molecule has 0 unspecified atom stereocenters. The summed E-state index contributed by atoms with van der Waals surface area (Å²) in [6.07, 6.45) is 2.04. The van der Waals surface area contributed by atoms with Crippen LogP contribution in [0.4, 0.5) is 0 Å². The van der Waals surface area contributed by atoms with Crippen LogP contribution in [0, 0.1) is 11.3 Å². The SMILES string of the molecule is CC1CCN(C(=O)C(C)(C)C(=O)N(Cc2ccccc2)C(C)C)CC1. The second-order valence-electron chi connectivity index (χ2n) is 8.11. The summed E-state index contributed by atoms with van der Waals surface area (Å²) in [7, 11) is 0. The molecule has 0 saturated carbocycles. The van der Waals surface area contributed by atoms with Gasteiger partial charge in [-0.25, -0.2) is 0 Å². The minimum atomic E-state index is -1.03. The van der Waals surface area contributed by atoms with Gasteiger partial charge in [0, 0.05) is 25.7 Å². The molecule has 0 bridgehead atoms. The van der Waals surface area contributed by atoms with Crippen molar-refractivity contribution in [1.29, 1.82) is 0 Å². The lowest BCUT2D eigenvalue weighted by molar-refractivity contribution is -0.156. The molecule has 2 rings (SSSR count). The van der Waals surface area contributed by atoms with E-state index in [4.69, 9.17) is 0 Å². The van der Waals surface area contributed by atoms with Gasteiger partial charge in [-0.2, -0.15) is 0 Å².